The lowest BCUT2D eigenvalue weighted by atomic mass is 10.2. The van der Waals surface area contributed by atoms with Crippen molar-refractivity contribution in [2.45, 2.75) is 13.2 Å². The summed E-state index contributed by atoms with van der Waals surface area (Å²) in [4.78, 5) is 0. The first kappa shape index (κ1) is 13.4. The van der Waals surface area contributed by atoms with Gasteiger partial charge in [-0.05, 0) is 35.5 Å². The Morgan fingerprint density at radius 1 is 1.00 bits per heavy atom. The summed E-state index contributed by atoms with van der Waals surface area (Å²) in [7, 11) is 0. The second-order valence-electron chi connectivity index (χ2n) is 4.14. The van der Waals surface area contributed by atoms with Gasteiger partial charge in [-0.3, -0.25) is 0 Å². The predicted molar refractivity (Wildman–Crippen MR) is 80.8 cm³/mol. The van der Waals surface area contributed by atoms with Crippen molar-refractivity contribution in [3.63, 3.8) is 0 Å². The van der Waals surface area contributed by atoms with Gasteiger partial charge in [0.05, 0.1) is 0 Å². The molecule has 0 spiro atoms. The zero-order valence-electron chi connectivity index (χ0n) is 10.5. The van der Waals surface area contributed by atoms with Crippen LogP contribution in [0.2, 0.25) is 0 Å². The van der Waals surface area contributed by atoms with Crippen molar-refractivity contribution >= 4 is 17.3 Å². The van der Waals surface area contributed by atoms with Gasteiger partial charge in [-0.15, -0.1) is 0 Å². The average Bonchev–Trinajstić information content (AvgIpc) is 2.45. The van der Waals surface area contributed by atoms with Gasteiger partial charge >= 0.3 is 0 Å². The minimum atomic E-state index is 0.310. The van der Waals surface area contributed by atoms with E-state index < -0.39 is 0 Å². The Kier molecular flexibility index (Phi) is 4.75. The maximum Gasteiger partial charge on any atom is 0.163 e. The van der Waals surface area contributed by atoms with Crippen LogP contribution in [0.3, 0.4) is 0 Å². The number of ether oxygens (including phenoxy) is 1. The van der Waals surface area contributed by atoms with E-state index in [0.29, 0.717) is 18.3 Å². The number of benzene rings is 2. The summed E-state index contributed by atoms with van der Waals surface area (Å²) < 4.78 is 5.70. The highest BCUT2D eigenvalue weighted by Gasteiger charge is 1.97. The zero-order valence-corrected chi connectivity index (χ0v) is 11.3. The highest BCUT2D eigenvalue weighted by Crippen LogP contribution is 2.14. The first-order valence-electron chi connectivity index (χ1n) is 6.03. The molecule has 0 radical (unpaired) electrons. The molecule has 0 amide bonds. The lowest BCUT2D eigenvalue weighted by molar-refractivity contribution is 0.306. The maximum absolute atomic E-state index is 5.70. The Morgan fingerprint density at radius 3 is 2.32 bits per heavy atom. The van der Waals surface area contributed by atoms with Crippen molar-refractivity contribution in [2.75, 3.05) is 0 Å². The van der Waals surface area contributed by atoms with Crippen LogP contribution >= 0.6 is 12.2 Å². The van der Waals surface area contributed by atoms with Crippen LogP contribution < -0.4 is 15.8 Å². The molecule has 4 heteroatoms. The van der Waals surface area contributed by atoms with Crippen LogP contribution in [0.1, 0.15) is 11.1 Å². The van der Waals surface area contributed by atoms with Gasteiger partial charge in [0.15, 0.2) is 5.11 Å². The second kappa shape index (κ2) is 6.75. The van der Waals surface area contributed by atoms with Crippen LogP contribution in [-0.4, -0.2) is 5.11 Å². The SMILES string of the molecule is NC(=S)NCc1ccc(OCc2ccccc2)cc1. The minimum absolute atomic E-state index is 0.310. The number of thiocarbonyl (C=S) groups is 1. The van der Waals surface area contributed by atoms with Crippen molar-refractivity contribution < 1.29 is 4.74 Å². The predicted octanol–water partition coefficient (Wildman–Crippen LogP) is 2.60. The Bertz CT molecular complexity index is 526. The Morgan fingerprint density at radius 2 is 1.68 bits per heavy atom. The lowest BCUT2D eigenvalue weighted by Crippen LogP contribution is -2.28. The lowest BCUT2D eigenvalue weighted by Gasteiger charge is -2.08. The van der Waals surface area contributed by atoms with E-state index in [-0.39, 0.29) is 0 Å². The summed E-state index contributed by atoms with van der Waals surface area (Å²) in [5, 5.41) is 3.22. The van der Waals surface area contributed by atoms with Gasteiger partial charge in [-0.2, -0.15) is 0 Å². The Labute approximate surface area is 118 Å². The number of hydrogen-bond donors (Lipinski definition) is 2. The molecule has 19 heavy (non-hydrogen) atoms. The molecule has 3 nitrogen and oxygen atoms in total. The molecule has 98 valence electrons. The van der Waals surface area contributed by atoms with E-state index in [0.717, 1.165) is 16.9 Å². The van der Waals surface area contributed by atoms with Gasteiger partial charge in [0.25, 0.3) is 0 Å². The highest BCUT2D eigenvalue weighted by molar-refractivity contribution is 7.80. The molecule has 0 bridgehead atoms. The van der Waals surface area contributed by atoms with E-state index in [1.54, 1.807) is 0 Å². The molecule has 0 saturated carbocycles. The molecule has 0 fully saturated rings. The molecule has 0 aliphatic heterocycles. The summed E-state index contributed by atoms with van der Waals surface area (Å²) in [6.45, 7) is 1.21. The van der Waals surface area contributed by atoms with Crippen molar-refractivity contribution in [1.82, 2.24) is 5.32 Å². The molecule has 2 rings (SSSR count). The van der Waals surface area contributed by atoms with Crippen LogP contribution in [0.4, 0.5) is 0 Å². The first-order valence-corrected chi connectivity index (χ1v) is 6.44. The first-order chi connectivity index (χ1) is 9.24. The molecule has 0 unspecified atom stereocenters. The zero-order chi connectivity index (χ0) is 13.5. The molecule has 2 aromatic carbocycles. The van der Waals surface area contributed by atoms with Crippen LogP contribution in [0.25, 0.3) is 0 Å². The normalized spacial score (nSPS) is 9.89. The summed E-state index contributed by atoms with van der Waals surface area (Å²) in [5.74, 6) is 0.850. The van der Waals surface area contributed by atoms with E-state index in [1.165, 1.54) is 0 Å². The third-order valence-corrected chi connectivity index (χ3v) is 2.78. The maximum atomic E-state index is 5.70. The third kappa shape index (κ3) is 4.60. The quantitative estimate of drug-likeness (QED) is 0.821. The van der Waals surface area contributed by atoms with Crippen molar-refractivity contribution in [1.29, 1.82) is 0 Å². The molecule has 0 aromatic heterocycles. The Hall–Kier alpha value is -2.07. The van der Waals surface area contributed by atoms with Crippen LogP contribution in [0.15, 0.2) is 54.6 Å². The van der Waals surface area contributed by atoms with Gasteiger partial charge in [0, 0.05) is 6.54 Å². The molecular weight excluding hydrogens is 256 g/mol. The summed E-state index contributed by atoms with van der Waals surface area (Å²) in [6.07, 6.45) is 0. The van der Waals surface area contributed by atoms with Crippen molar-refractivity contribution in [3.8, 4) is 5.75 Å². The highest BCUT2D eigenvalue weighted by atomic mass is 32.1. The third-order valence-electron chi connectivity index (χ3n) is 2.64. The molecule has 0 aliphatic carbocycles. The number of rotatable bonds is 5. The van der Waals surface area contributed by atoms with Crippen LogP contribution in [0, 0.1) is 0 Å². The molecular formula is C15H16N2OS. The fourth-order valence-corrected chi connectivity index (χ4v) is 1.71. The standard InChI is InChI=1S/C15H16N2OS/c16-15(19)17-10-12-6-8-14(9-7-12)18-11-13-4-2-1-3-5-13/h1-9H,10-11H2,(H3,16,17,19). The van der Waals surface area contributed by atoms with E-state index >= 15 is 0 Å². The van der Waals surface area contributed by atoms with E-state index in [2.05, 4.69) is 5.32 Å². The number of nitrogens with two attached hydrogens (primary N) is 1. The monoisotopic (exact) mass is 272 g/mol. The average molecular weight is 272 g/mol. The number of hydrogen-bond acceptors (Lipinski definition) is 2. The van der Waals surface area contributed by atoms with E-state index in [1.807, 2.05) is 54.6 Å². The molecule has 0 saturated heterocycles. The topological polar surface area (TPSA) is 47.3 Å². The summed E-state index contributed by atoms with van der Waals surface area (Å²) >= 11 is 4.76. The molecule has 3 N–H and O–H groups in total. The van der Waals surface area contributed by atoms with Gasteiger partial charge in [-0.1, -0.05) is 42.5 Å². The fourth-order valence-electron chi connectivity index (χ4n) is 1.63. The van der Waals surface area contributed by atoms with E-state index in [4.69, 9.17) is 22.7 Å². The molecule has 2 aromatic rings. The van der Waals surface area contributed by atoms with Crippen LogP contribution in [0.5, 0.6) is 5.75 Å². The van der Waals surface area contributed by atoms with Gasteiger partial charge in [-0.25, -0.2) is 0 Å². The summed E-state index contributed by atoms with van der Waals surface area (Å²) in [6, 6.07) is 18.0. The molecule has 0 heterocycles. The summed E-state index contributed by atoms with van der Waals surface area (Å²) in [5.41, 5.74) is 7.64. The van der Waals surface area contributed by atoms with Gasteiger partial charge in [0.2, 0.25) is 0 Å². The van der Waals surface area contributed by atoms with Crippen molar-refractivity contribution in [2.24, 2.45) is 5.73 Å². The van der Waals surface area contributed by atoms with Crippen molar-refractivity contribution in [3.05, 3.63) is 65.7 Å². The molecule has 0 aliphatic rings. The Balaban J connectivity index is 1.86. The van der Waals surface area contributed by atoms with Crippen LogP contribution in [-0.2, 0) is 13.2 Å². The van der Waals surface area contributed by atoms with Gasteiger partial charge in [0.1, 0.15) is 12.4 Å². The molecule has 0 atom stereocenters. The largest absolute Gasteiger partial charge is 0.489 e. The number of nitrogens with one attached hydrogen (secondary N) is 1. The minimum Gasteiger partial charge on any atom is -0.489 e. The van der Waals surface area contributed by atoms with E-state index in [9.17, 15) is 0 Å². The smallest absolute Gasteiger partial charge is 0.163 e. The second-order valence-corrected chi connectivity index (χ2v) is 4.58. The fraction of sp³-hybridized carbons (Fsp3) is 0.133. The van der Waals surface area contributed by atoms with Gasteiger partial charge < -0.3 is 15.8 Å².